The van der Waals surface area contributed by atoms with Crippen molar-refractivity contribution in [3.63, 3.8) is 0 Å². The molecule has 0 bridgehead atoms. The van der Waals surface area contributed by atoms with Gasteiger partial charge in [-0.2, -0.15) is 0 Å². The fourth-order valence-electron chi connectivity index (χ4n) is 2.89. The van der Waals surface area contributed by atoms with Gasteiger partial charge in [-0.1, -0.05) is 19.1 Å². The van der Waals surface area contributed by atoms with Crippen LogP contribution in [0.3, 0.4) is 0 Å². The molecule has 100 valence electrons. The SMILES string of the molecule is COc1cccc(Cc2ncc3n2CCCC3C)c1. The molecule has 2 heterocycles. The highest BCUT2D eigenvalue weighted by Gasteiger charge is 2.19. The Morgan fingerprint density at radius 1 is 1.42 bits per heavy atom. The number of fused-ring (bicyclic) bond motifs is 1. The molecule has 1 atom stereocenters. The molecule has 3 rings (SSSR count). The van der Waals surface area contributed by atoms with Gasteiger partial charge in [-0.25, -0.2) is 4.98 Å². The minimum Gasteiger partial charge on any atom is -0.497 e. The van der Waals surface area contributed by atoms with Gasteiger partial charge in [0, 0.05) is 24.9 Å². The second-order valence-corrected chi connectivity index (χ2v) is 5.32. The lowest BCUT2D eigenvalue weighted by Gasteiger charge is -2.22. The van der Waals surface area contributed by atoms with Gasteiger partial charge in [0.1, 0.15) is 11.6 Å². The third kappa shape index (κ3) is 2.37. The maximum absolute atomic E-state index is 5.28. The molecule has 1 aliphatic heterocycles. The Morgan fingerprint density at radius 2 is 2.32 bits per heavy atom. The Balaban J connectivity index is 1.87. The van der Waals surface area contributed by atoms with Gasteiger partial charge in [-0.15, -0.1) is 0 Å². The summed E-state index contributed by atoms with van der Waals surface area (Å²) in [6, 6.07) is 8.24. The van der Waals surface area contributed by atoms with Crippen molar-refractivity contribution in [2.24, 2.45) is 0 Å². The summed E-state index contributed by atoms with van der Waals surface area (Å²) in [6.45, 7) is 3.40. The van der Waals surface area contributed by atoms with Crippen molar-refractivity contribution in [2.45, 2.75) is 38.6 Å². The Morgan fingerprint density at radius 3 is 3.16 bits per heavy atom. The minimum atomic E-state index is 0.639. The van der Waals surface area contributed by atoms with E-state index in [2.05, 4.69) is 34.8 Å². The van der Waals surface area contributed by atoms with Crippen molar-refractivity contribution in [1.29, 1.82) is 0 Å². The zero-order valence-corrected chi connectivity index (χ0v) is 11.6. The third-order valence-corrected chi connectivity index (χ3v) is 3.99. The molecule has 0 N–H and O–H groups in total. The van der Waals surface area contributed by atoms with Gasteiger partial charge in [0.2, 0.25) is 0 Å². The summed E-state index contributed by atoms with van der Waals surface area (Å²) in [5, 5.41) is 0. The molecule has 3 heteroatoms. The number of aromatic nitrogens is 2. The van der Waals surface area contributed by atoms with Crippen LogP contribution < -0.4 is 4.74 Å². The number of hydrogen-bond donors (Lipinski definition) is 0. The topological polar surface area (TPSA) is 27.1 Å². The number of ether oxygens (including phenoxy) is 1. The molecule has 3 nitrogen and oxygen atoms in total. The predicted octanol–water partition coefficient (Wildman–Crippen LogP) is 3.38. The van der Waals surface area contributed by atoms with Crippen LogP contribution in [0.4, 0.5) is 0 Å². The van der Waals surface area contributed by atoms with Gasteiger partial charge in [-0.3, -0.25) is 0 Å². The lowest BCUT2D eigenvalue weighted by Crippen LogP contribution is -2.15. The van der Waals surface area contributed by atoms with Gasteiger partial charge >= 0.3 is 0 Å². The number of benzene rings is 1. The molecule has 19 heavy (non-hydrogen) atoms. The summed E-state index contributed by atoms with van der Waals surface area (Å²) in [5.41, 5.74) is 2.65. The first-order valence-electron chi connectivity index (χ1n) is 6.95. The summed E-state index contributed by atoms with van der Waals surface area (Å²) in [5.74, 6) is 2.73. The van der Waals surface area contributed by atoms with E-state index in [4.69, 9.17) is 4.74 Å². The van der Waals surface area contributed by atoms with Crippen LogP contribution in [-0.4, -0.2) is 16.7 Å². The fraction of sp³-hybridized carbons (Fsp3) is 0.438. The Labute approximate surface area is 114 Å². The molecular formula is C16H20N2O. The van der Waals surface area contributed by atoms with Gasteiger partial charge in [0.15, 0.2) is 0 Å². The lowest BCUT2D eigenvalue weighted by molar-refractivity contribution is 0.414. The van der Waals surface area contributed by atoms with Crippen molar-refractivity contribution < 1.29 is 4.74 Å². The molecule has 2 aromatic rings. The van der Waals surface area contributed by atoms with Crippen LogP contribution in [0.2, 0.25) is 0 Å². The molecule has 0 spiro atoms. The first-order chi connectivity index (χ1) is 9.28. The van der Waals surface area contributed by atoms with Crippen molar-refractivity contribution in [3.05, 3.63) is 47.5 Å². The largest absolute Gasteiger partial charge is 0.497 e. The van der Waals surface area contributed by atoms with Crippen LogP contribution >= 0.6 is 0 Å². The van der Waals surface area contributed by atoms with Gasteiger partial charge in [-0.05, 0) is 36.5 Å². The molecule has 0 amide bonds. The molecule has 0 saturated heterocycles. The number of hydrogen-bond acceptors (Lipinski definition) is 2. The number of rotatable bonds is 3. The molecule has 0 saturated carbocycles. The van der Waals surface area contributed by atoms with Crippen LogP contribution in [0, 0.1) is 0 Å². The van der Waals surface area contributed by atoms with Crippen LogP contribution in [0.1, 0.15) is 42.8 Å². The first kappa shape index (κ1) is 12.3. The van der Waals surface area contributed by atoms with E-state index < -0.39 is 0 Å². The van der Waals surface area contributed by atoms with Crippen molar-refractivity contribution in [3.8, 4) is 5.75 Å². The second kappa shape index (κ2) is 5.08. The van der Waals surface area contributed by atoms with Crippen molar-refractivity contribution in [1.82, 2.24) is 9.55 Å². The monoisotopic (exact) mass is 256 g/mol. The van der Waals surface area contributed by atoms with Gasteiger partial charge in [0.25, 0.3) is 0 Å². The summed E-state index contributed by atoms with van der Waals surface area (Å²) in [6.07, 6.45) is 5.48. The average molecular weight is 256 g/mol. The van der Waals surface area contributed by atoms with Crippen LogP contribution in [-0.2, 0) is 13.0 Å². The highest BCUT2D eigenvalue weighted by Crippen LogP contribution is 2.28. The Hall–Kier alpha value is -1.77. The van der Waals surface area contributed by atoms with Gasteiger partial charge < -0.3 is 9.30 Å². The maximum atomic E-state index is 5.28. The fourth-order valence-corrected chi connectivity index (χ4v) is 2.89. The molecule has 0 aliphatic carbocycles. The third-order valence-electron chi connectivity index (χ3n) is 3.99. The molecular weight excluding hydrogens is 236 g/mol. The highest BCUT2D eigenvalue weighted by atomic mass is 16.5. The van der Waals surface area contributed by atoms with E-state index in [0.29, 0.717) is 5.92 Å². The van der Waals surface area contributed by atoms with E-state index in [1.807, 2.05) is 12.1 Å². The van der Waals surface area contributed by atoms with E-state index in [1.165, 1.54) is 29.9 Å². The number of methoxy groups -OCH3 is 1. The van der Waals surface area contributed by atoms with Crippen molar-refractivity contribution in [2.75, 3.05) is 7.11 Å². The summed E-state index contributed by atoms with van der Waals surface area (Å²) in [7, 11) is 1.71. The second-order valence-electron chi connectivity index (χ2n) is 5.32. The highest BCUT2D eigenvalue weighted by molar-refractivity contribution is 5.30. The first-order valence-corrected chi connectivity index (χ1v) is 6.95. The van der Waals surface area contributed by atoms with E-state index in [0.717, 1.165) is 18.7 Å². The van der Waals surface area contributed by atoms with E-state index >= 15 is 0 Å². The smallest absolute Gasteiger partial charge is 0.119 e. The molecule has 1 aromatic carbocycles. The zero-order valence-electron chi connectivity index (χ0n) is 11.6. The predicted molar refractivity (Wildman–Crippen MR) is 75.7 cm³/mol. The maximum Gasteiger partial charge on any atom is 0.119 e. The standard InChI is InChI=1S/C16H20N2O/c1-12-5-4-8-18-15(12)11-17-16(18)10-13-6-3-7-14(9-13)19-2/h3,6-7,9,11-12H,4-5,8,10H2,1-2H3. The minimum absolute atomic E-state index is 0.639. The summed E-state index contributed by atoms with van der Waals surface area (Å²) in [4.78, 5) is 4.62. The zero-order chi connectivity index (χ0) is 13.2. The number of nitrogens with zero attached hydrogens (tertiary/aromatic N) is 2. The lowest BCUT2D eigenvalue weighted by atomic mass is 9.98. The normalized spacial score (nSPS) is 18.1. The Bertz CT molecular complexity index is 574. The Kier molecular flexibility index (Phi) is 3.28. The molecule has 0 radical (unpaired) electrons. The van der Waals surface area contributed by atoms with E-state index in [-0.39, 0.29) is 0 Å². The van der Waals surface area contributed by atoms with Crippen LogP contribution in [0.25, 0.3) is 0 Å². The van der Waals surface area contributed by atoms with E-state index in [1.54, 1.807) is 7.11 Å². The van der Waals surface area contributed by atoms with Crippen LogP contribution in [0.5, 0.6) is 5.75 Å². The number of imidazole rings is 1. The molecule has 1 aliphatic rings. The molecule has 1 aromatic heterocycles. The summed E-state index contributed by atoms with van der Waals surface area (Å²) < 4.78 is 7.67. The van der Waals surface area contributed by atoms with Crippen LogP contribution in [0.15, 0.2) is 30.5 Å². The average Bonchev–Trinajstić information content (AvgIpc) is 2.84. The molecule has 0 fully saturated rings. The van der Waals surface area contributed by atoms with Crippen molar-refractivity contribution >= 4 is 0 Å². The summed E-state index contributed by atoms with van der Waals surface area (Å²) >= 11 is 0. The van der Waals surface area contributed by atoms with Gasteiger partial charge in [0.05, 0.1) is 7.11 Å². The molecule has 1 unspecified atom stereocenters. The quantitative estimate of drug-likeness (QED) is 0.841. The van der Waals surface area contributed by atoms with E-state index in [9.17, 15) is 0 Å².